The van der Waals surface area contributed by atoms with Crippen LogP contribution in [0.3, 0.4) is 0 Å². The number of methoxy groups -OCH3 is 1. The number of esters is 1. The van der Waals surface area contributed by atoms with Crippen LogP contribution in [0.5, 0.6) is 0 Å². The fourth-order valence-electron chi connectivity index (χ4n) is 5.27. The van der Waals surface area contributed by atoms with Crippen molar-refractivity contribution in [1.82, 2.24) is 10.1 Å². The molecule has 0 spiro atoms. The van der Waals surface area contributed by atoms with Gasteiger partial charge in [0, 0.05) is 23.5 Å². The van der Waals surface area contributed by atoms with Gasteiger partial charge in [-0.15, -0.1) is 0 Å². The first-order chi connectivity index (χ1) is 16.8. The van der Waals surface area contributed by atoms with Crippen LogP contribution in [-0.2, 0) is 25.0 Å². The van der Waals surface area contributed by atoms with Crippen molar-refractivity contribution in [3.8, 4) is 0 Å². The second-order valence-electron chi connectivity index (χ2n) is 10.1. The van der Waals surface area contributed by atoms with Gasteiger partial charge in [0.1, 0.15) is 6.04 Å². The van der Waals surface area contributed by atoms with Crippen LogP contribution < -0.4 is 10.4 Å². The Kier molecular flexibility index (Phi) is 8.16. The number of fused-ring (bicyclic) bond motifs is 1. The minimum Gasteiger partial charge on any atom is -0.468 e. The highest BCUT2D eigenvalue weighted by Gasteiger charge is 2.40. The van der Waals surface area contributed by atoms with E-state index in [1.165, 1.54) is 7.11 Å². The summed E-state index contributed by atoms with van der Waals surface area (Å²) in [6, 6.07) is 16.3. The van der Waals surface area contributed by atoms with Crippen molar-refractivity contribution >= 4 is 29.7 Å². The normalized spacial score (nSPS) is 23.2. The molecular formula is C28H37N2O4P. The van der Waals surface area contributed by atoms with Crippen LogP contribution in [0, 0.1) is 17.8 Å². The highest BCUT2D eigenvalue weighted by Crippen LogP contribution is 2.49. The van der Waals surface area contributed by atoms with E-state index in [1.807, 2.05) is 60.8 Å². The maximum absolute atomic E-state index is 14.6. The largest absolute Gasteiger partial charge is 0.468 e. The number of ether oxygens (including phenoxy) is 1. The number of carbonyl (C=O) groups is 1. The summed E-state index contributed by atoms with van der Waals surface area (Å²) in [6.45, 7) is 6.63. The Morgan fingerprint density at radius 1 is 1.11 bits per heavy atom. The molecule has 1 aromatic heterocycles. The molecule has 0 bridgehead atoms. The molecule has 2 aromatic carbocycles. The molecule has 0 aliphatic heterocycles. The van der Waals surface area contributed by atoms with Crippen molar-refractivity contribution in [2.24, 2.45) is 17.8 Å². The number of rotatable bonds is 9. The van der Waals surface area contributed by atoms with Crippen LogP contribution in [0.2, 0.25) is 0 Å². The van der Waals surface area contributed by atoms with E-state index >= 15 is 0 Å². The molecule has 1 fully saturated rings. The third-order valence-corrected chi connectivity index (χ3v) is 9.45. The topological polar surface area (TPSA) is 80.4 Å². The summed E-state index contributed by atoms with van der Waals surface area (Å²) < 4.78 is 26.3. The van der Waals surface area contributed by atoms with Gasteiger partial charge in [-0.2, -0.15) is 0 Å². The van der Waals surface area contributed by atoms with Crippen LogP contribution in [-0.4, -0.2) is 30.2 Å². The van der Waals surface area contributed by atoms with Gasteiger partial charge in [0.05, 0.1) is 18.5 Å². The van der Waals surface area contributed by atoms with Gasteiger partial charge in [0.2, 0.25) is 0 Å². The number of H-pyrrole nitrogens is 1. The number of aromatic nitrogens is 1. The zero-order valence-electron chi connectivity index (χ0n) is 21.1. The molecule has 1 aliphatic carbocycles. The van der Waals surface area contributed by atoms with Crippen molar-refractivity contribution in [1.29, 1.82) is 0 Å². The zero-order chi connectivity index (χ0) is 25.0. The van der Waals surface area contributed by atoms with Crippen LogP contribution in [0.4, 0.5) is 0 Å². The van der Waals surface area contributed by atoms with Crippen molar-refractivity contribution in [3.63, 3.8) is 0 Å². The van der Waals surface area contributed by atoms with Gasteiger partial charge in [0.25, 0.3) is 0 Å². The molecule has 188 valence electrons. The van der Waals surface area contributed by atoms with E-state index in [0.29, 0.717) is 29.5 Å². The predicted molar refractivity (Wildman–Crippen MR) is 141 cm³/mol. The fourth-order valence-corrected chi connectivity index (χ4v) is 7.39. The smallest absolute Gasteiger partial charge is 0.323 e. The van der Waals surface area contributed by atoms with Gasteiger partial charge in [-0.25, -0.2) is 5.09 Å². The molecular weight excluding hydrogens is 459 g/mol. The van der Waals surface area contributed by atoms with Gasteiger partial charge in [-0.05, 0) is 54.4 Å². The number of hydrogen-bond acceptors (Lipinski definition) is 4. The Morgan fingerprint density at radius 3 is 2.54 bits per heavy atom. The minimum absolute atomic E-state index is 0.149. The number of para-hydroxylation sites is 1. The summed E-state index contributed by atoms with van der Waals surface area (Å²) in [6.07, 6.45) is 5.13. The van der Waals surface area contributed by atoms with Crippen LogP contribution in [0.1, 0.15) is 45.6 Å². The fraction of sp³-hybridized carbons (Fsp3) is 0.464. The zero-order valence-corrected chi connectivity index (χ0v) is 22.0. The summed E-state index contributed by atoms with van der Waals surface area (Å²) in [5.74, 6) is 0.767. The highest BCUT2D eigenvalue weighted by molar-refractivity contribution is 7.65. The lowest BCUT2D eigenvalue weighted by atomic mass is 9.75. The number of carbonyl (C=O) groups excluding carboxylic acids is 1. The van der Waals surface area contributed by atoms with Gasteiger partial charge in [0.15, 0.2) is 0 Å². The molecule has 1 unspecified atom stereocenters. The first kappa shape index (κ1) is 25.7. The molecule has 0 radical (unpaired) electrons. The Labute approximate surface area is 208 Å². The summed E-state index contributed by atoms with van der Waals surface area (Å²) >= 11 is 0. The Bertz CT molecular complexity index is 1180. The lowest BCUT2D eigenvalue weighted by molar-refractivity contribution is -0.142. The van der Waals surface area contributed by atoms with Gasteiger partial charge in [-0.3, -0.25) is 9.36 Å². The molecule has 4 rings (SSSR count). The van der Waals surface area contributed by atoms with Gasteiger partial charge in [-0.1, -0.05) is 63.6 Å². The van der Waals surface area contributed by atoms with E-state index in [9.17, 15) is 9.36 Å². The van der Waals surface area contributed by atoms with Crippen LogP contribution in [0.25, 0.3) is 10.9 Å². The maximum atomic E-state index is 14.6. The monoisotopic (exact) mass is 496 g/mol. The molecule has 3 aromatic rings. The van der Waals surface area contributed by atoms with E-state index in [2.05, 4.69) is 30.8 Å². The molecule has 1 saturated carbocycles. The van der Waals surface area contributed by atoms with Crippen molar-refractivity contribution in [2.75, 3.05) is 7.11 Å². The van der Waals surface area contributed by atoms with Crippen LogP contribution >= 0.6 is 7.52 Å². The predicted octanol–water partition coefficient (Wildman–Crippen LogP) is 5.84. The third kappa shape index (κ3) is 5.88. The highest BCUT2D eigenvalue weighted by atomic mass is 31.2. The molecule has 7 heteroatoms. The lowest BCUT2D eigenvalue weighted by Gasteiger charge is -2.39. The number of benzene rings is 2. The number of nitrogens with one attached hydrogen (secondary N) is 2. The molecule has 6 nitrogen and oxygen atoms in total. The molecule has 1 heterocycles. The van der Waals surface area contributed by atoms with Crippen molar-refractivity contribution < 1.29 is 18.6 Å². The van der Waals surface area contributed by atoms with Gasteiger partial charge >= 0.3 is 13.5 Å². The summed E-state index contributed by atoms with van der Waals surface area (Å²) in [4.78, 5) is 16.2. The summed E-state index contributed by atoms with van der Waals surface area (Å²) in [5.41, 5.74) is 1.94. The molecule has 0 amide bonds. The first-order valence-electron chi connectivity index (χ1n) is 12.6. The van der Waals surface area contributed by atoms with E-state index < -0.39 is 19.5 Å². The van der Waals surface area contributed by atoms with Crippen molar-refractivity contribution in [3.05, 3.63) is 66.4 Å². The molecule has 5 atom stereocenters. The maximum Gasteiger partial charge on any atom is 0.323 e. The minimum atomic E-state index is -3.61. The molecule has 35 heavy (non-hydrogen) atoms. The molecule has 2 N–H and O–H groups in total. The van der Waals surface area contributed by atoms with E-state index in [0.717, 1.165) is 35.7 Å². The quantitative estimate of drug-likeness (QED) is 0.287. The van der Waals surface area contributed by atoms with Gasteiger partial charge < -0.3 is 14.2 Å². The van der Waals surface area contributed by atoms with Crippen molar-refractivity contribution in [2.45, 2.75) is 58.6 Å². The second-order valence-corrected chi connectivity index (χ2v) is 12.2. The van der Waals surface area contributed by atoms with Crippen LogP contribution in [0.15, 0.2) is 60.8 Å². The molecule has 1 aliphatic rings. The average molecular weight is 497 g/mol. The van der Waals surface area contributed by atoms with E-state index in [4.69, 9.17) is 9.26 Å². The van der Waals surface area contributed by atoms with E-state index in [-0.39, 0.29) is 6.10 Å². The van der Waals surface area contributed by atoms with E-state index in [1.54, 1.807) is 0 Å². The SMILES string of the molecule is COC(=O)C(Cc1c[nH]c2ccccc12)N[P@](=O)(O[C@@H]1C[C@H](C)CC[C@H]1C(C)C)c1ccccc1. The number of aromatic amines is 1. The average Bonchev–Trinajstić information content (AvgIpc) is 3.26. The Morgan fingerprint density at radius 2 is 1.83 bits per heavy atom. The standard InChI is InChI=1S/C28H37N2O4P/c1-19(2)23-15-14-20(3)16-27(23)34-35(32,22-10-6-5-7-11-22)30-26(28(31)33-4)17-21-18-29-25-13-9-8-12-24(21)25/h5-13,18-20,23,26-27,29H,14-17H2,1-4H3,(H,30,32)/t20-,23+,26?,27-,35-/m1/s1. The number of hydrogen-bond donors (Lipinski definition) is 2. The Balaban J connectivity index is 1.67. The summed E-state index contributed by atoms with van der Waals surface area (Å²) in [7, 11) is -2.25. The summed E-state index contributed by atoms with van der Waals surface area (Å²) in [5, 5.41) is 4.76. The first-order valence-corrected chi connectivity index (χ1v) is 14.2. The molecule has 0 saturated heterocycles. The lowest BCUT2D eigenvalue weighted by Crippen LogP contribution is -2.42. The third-order valence-electron chi connectivity index (χ3n) is 7.25. The Hall–Kier alpha value is -2.40. The second kappa shape index (κ2) is 11.1.